The van der Waals surface area contributed by atoms with E-state index in [9.17, 15) is 0 Å². The van der Waals surface area contributed by atoms with Crippen molar-refractivity contribution in [3.05, 3.63) is 0 Å². The molecule has 2 N–H and O–H groups in total. The largest absolute Gasteiger partial charge is 0.378 e. The maximum absolute atomic E-state index is 6.55. The van der Waals surface area contributed by atoms with E-state index in [-0.39, 0.29) is 11.6 Å². The first-order valence-electron chi connectivity index (χ1n) is 8.67. The summed E-state index contributed by atoms with van der Waals surface area (Å²) in [7, 11) is 0. The molecule has 0 amide bonds. The minimum atomic E-state index is -0.0526. The third-order valence-electron chi connectivity index (χ3n) is 5.16. The molecule has 1 saturated carbocycles. The predicted octanol–water partition coefficient (Wildman–Crippen LogP) is 3.65. The van der Waals surface area contributed by atoms with Crippen LogP contribution < -0.4 is 5.73 Å². The highest BCUT2D eigenvalue weighted by Gasteiger charge is 2.40. The van der Waals surface area contributed by atoms with Crippen molar-refractivity contribution in [2.75, 3.05) is 13.2 Å². The highest BCUT2D eigenvalue weighted by molar-refractivity contribution is 4.95. The van der Waals surface area contributed by atoms with Crippen LogP contribution in [-0.2, 0) is 9.47 Å². The second-order valence-corrected chi connectivity index (χ2v) is 6.87. The molecule has 4 atom stereocenters. The summed E-state index contributed by atoms with van der Waals surface area (Å²) >= 11 is 0. The summed E-state index contributed by atoms with van der Waals surface area (Å²) in [5.41, 5.74) is 6.50. The Morgan fingerprint density at radius 1 is 1.35 bits per heavy atom. The van der Waals surface area contributed by atoms with Crippen LogP contribution in [0.15, 0.2) is 0 Å². The van der Waals surface area contributed by atoms with Crippen molar-refractivity contribution < 1.29 is 9.47 Å². The fraction of sp³-hybridized carbons (Fsp3) is 1.00. The molecule has 1 saturated heterocycles. The molecule has 20 heavy (non-hydrogen) atoms. The van der Waals surface area contributed by atoms with Gasteiger partial charge in [0.2, 0.25) is 0 Å². The van der Waals surface area contributed by atoms with Gasteiger partial charge in [-0.2, -0.15) is 0 Å². The van der Waals surface area contributed by atoms with Crippen LogP contribution in [0.2, 0.25) is 0 Å². The Bertz CT molecular complexity index is 274. The summed E-state index contributed by atoms with van der Waals surface area (Å²) in [4.78, 5) is 0. The molecule has 0 aromatic heterocycles. The Morgan fingerprint density at radius 3 is 2.85 bits per heavy atom. The van der Waals surface area contributed by atoms with Gasteiger partial charge >= 0.3 is 0 Å². The zero-order valence-electron chi connectivity index (χ0n) is 13.4. The summed E-state index contributed by atoms with van der Waals surface area (Å²) in [5, 5.41) is 0. The lowest BCUT2D eigenvalue weighted by Gasteiger charge is -2.44. The van der Waals surface area contributed by atoms with Gasteiger partial charge in [-0.25, -0.2) is 0 Å². The van der Waals surface area contributed by atoms with Gasteiger partial charge in [0.25, 0.3) is 0 Å². The van der Waals surface area contributed by atoms with E-state index >= 15 is 0 Å². The molecule has 2 aliphatic rings. The normalized spacial score (nSPS) is 36.1. The SMILES string of the molecule is CCOC1(C(N)CCCC2CCCO2)CCCC(C)C1. The summed E-state index contributed by atoms with van der Waals surface area (Å²) in [6, 6.07) is 0.187. The summed E-state index contributed by atoms with van der Waals surface area (Å²) < 4.78 is 11.9. The maximum Gasteiger partial charge on any atom is 0.0835 e. The van der Waals surface area contributed by atoms with Crippen molar-refractivity contribution in [2.24, 2.45) is 11.7 Å². The molecule has 1 aliphatic heterocycles. The van der Waals surface area contributed by atoms with Gasteiger partial charge in [0, 0.05) is 19.3 Å². The topological polar surface area (TPSA) is 44.5 Å². The molecule has 1 heterocycles. The molecule has 118 valence electrons. The minimum absolute atomic E-state index is 0.0526. The first-order valence-corrected chi connectivity index (χ1v) is 8.67. The molecular weight excluding hydrogens is 250 g/mol. The molecule has 0 spiro atoms. The van der Waals surface area contributed by atoms with Crippen LogP contribution in [0.3, 0.4) is 0 Å². The van der Waals surface area contributed by atoms with Gasteiger partial charge in [0.1, 0.15) is 0 Å². The molecule has 0 radical (unpaired) electrons. The molecule has 0 aromatic rings. The third-order valence-corrected chi connectivity index (χ3v) is 5.16. The van der Waals surface area contributed by atoms with E-state index in [1.54, 1.807) is 0 Å². The molecule has 0 aromatic carbocycles. The monoisotopic (exact) mass is 283 g/mol. The number of hydrogen-bond acceptors (Lipinski definition) is 3. The molecular formula is C17H33NO2. The highest BCUT2D eigenvalue weighted by Crippen LogP contribution is 2.38. The van der Waals surface area contributed by atoms with E-state index < -0.39 is 0 Å². The van der Waals surface area contributed by atoms with Crippen molar-refractivity contribution in [1.82, 2.24) is 0 Å². The lowest BCUT2D eigenvalue weighted by molar-refractivity contribution is -0.0946. The van der Waals surface area contributed by atoms with Gasteiger partial charge in [-0.3, -0.25) is 0 Å². The summed E-state index contributed by atoms with van der Waals surface area (Å²) in [5.74, 6) is 0.750. The quantitative estimate of drug-likeness (QED) is 0.775. The zero-order chi connectivity index (χ0) is 14.4. The summed E-state index contributed by atoms with van der Waals surface area (Å²) in [6.07, 6.45) is 11.3. The Morgan fingerprint density at radius 2 is 2.20 bits per heavy atom. The Hall–Kier alpha value is -0.120. The van der Waals surface area contributed by atoms with E-state index in [1.165, 1.54) is 38.5 Å². The number of nitrogens with two attached hydrogens (primary N) is 1. The smallest absolute Gasteiger partial charge is 0.0835 e. The van der Waals surface area contributed by atoms with Gasteiger partial charge in [0.15, 0.2) is 0 Å². The van der Waals surface area contributed by atoms with Gasteiger partial charge in [-0.05, 0) is 57.8 Å². The van der Waals surface area contributed by atoms with E-state index in [1.807, 2.05) is 0 Å². The fourth-order valence-electron chi connectivity index (χ4n) is 4.11. The average molecular weight is 283 g/mol. The van der Waals surface area contributed by atoms with Crippen molar-refractivity contribution in [2.45, 2.75) is 89.4 Å². The second-order valence-electron chi connectivity index (χ2n) is 6.87. The van der Waals surface area contributed by atoms with E-state index in [0.29, 0.717) is 6.10 Å². The van der Waals surface area contributed by atoms with Crippen LogP contribution in [0.4, 0.5) is 0 Å². The summed E-state index contributed by atoms with van der Waals surface area (Å²) in [6.45, 7) is 6.18. The first kappa shape index (κ1) is 16.3. The van der Waals surface area contributed by atoms with Crippen LogP contribution in [0, 0.1) is 5.92 Å². The number of hydrogen-bond donors (Lipinski definition) is 1. The van der Waals surface area contributed by atoms with Gasteiger partial charge in [-0.15, -0.1) is 0 Å². The Labute approximate surface area is 124 Å². The lowest BCUT2D eigenvalue weighted by Crippen LogP contribution is -2.52. The van der Waals surface area contributed by atoms with Crippen molar-refractivity contribution in [3.8, 4) is 0 Å². The van der Waals surface area contributed by atoms with Crippen LogP contribution >= 0.6 is 0 Å². The molecule has 1 aliphatic carbocycles. The van der Waals surface area contributed by atoms with E-state index in [0.717, 1.165) is 38.4 Å². The molecule has 3 nitrogen and oxygen atoms in total. The van der Waals surface area contributed by atoms with E-state index in [2.05, 4.69) is 13.8 Å². The fourth-order valence-corrected chi connectivity index (χ4v) is 4.11. The molecule has 4 unspecified atom stereocenters. The van der Waals surface area contributed by atoms with Crippen LogP contribution in [0.5, 0.6) is 0 Å². The van der Waals surface area contributed by atoms with Gasteiger partial charge in [-0.1, -0.05) is 19.8 Å². The van der Waals surface area contributed by atoms with Crippen molar-refractivity contribution in [1.29, 1.82) is 0 Å². The lowest BCUT2D eigenvalue weighted by atomic mass is 9.73. The van der Waals surface area contributed by atoms with Gasteiger partial charge < -0.3 is 15.2 Å². The van der Waals surface area contributed by atoms with Crippen LogP contribution in [-0.4, -0.2) is 31.0 Å². The molecule has 2 rings (SSSR count). The van der Waals surface area contributed by atoms with E-state index in [4.69, 9.17) is 15.2 Å². The predicted molar refractivity (Wildman–Crippen MR) is 82.8 cm³/mol. The highest BCUT2D eigenvalue weighted by atomic mass is 16.5. The third kappa shape index (κ3) is 4.19. The van der Waals surface area contributed by atoms with Crippen LogP contribution in [0.1, 0.15) is 71.6 Å². The average Bonchev–Trinajstić information content (AvgIpc) is 2.92. The Balaban J connectivity index is 1.81. The van der Waals surface area contributed by atoms with Crippen LogP contribution in [0.25, 0.3) is 0 Å². The molecule has 0 bridgehead atoms. The minimum Gasteiger partial charge on any atom is -0.378 e. The molecule has 3 heteroatoms. The van der Waals surface area contributed by atoms with Gasteiger partial charge in [0.05, 0.1) is 11.7 Å². The van der Waals surface area contributed by atoms with Crippen molar-refractivity contribution >= 4 is 0 Å². The zero-order valence-corrected chi connectivity index (χ0v) is 13.4. The maximum atomic E-state index is 6.55. The Kier molecular flexibility index (Phi) is 6.31. The number of ether oxygens (including phenoxy) is 2. The van der Waals surface area contributed by atoms with Crippen molar-refractivity contribution in [3.63, 3.8) is 0 Å². The standard InChI is InChI=1S/C17H33NO2/c1-3-20-17(11-5-7-14(2)13-17)16(18)10-4-8-15-9-6-12-19-15/h14-16H,3-13,18H2,1-2H3. The second kappa shape index (κ2) is 7.77. The first-order chi connectivity index (χ1) is 9.66. The number of rotatable bonds is 7. The molecule has 2 fully saturated rings.